The number of unbranched alkanes of at least 4 members (excludes halogenated alkanes) is 2. The maximum atomic E-state index is 13.5. The third-order valence-electron chi connectivity index (χ3n) is 6.57. The Morgan fingerprint density at radius 3 is 1.86 bits per heavy atom. The molecule has 3 aromatic rings. The number of nitrogens with one attached hydrogen (secondary N) is 2. The normalized spacial score (nSPS) is 12.2. The van der Waals surface area contributed by atoms with E-state index < -0.39 is 45.9 Å². The molecule has 1 atom stereocenters. The van der Waals surface area contributed by atoms with E-state index in [0.717, 1.165) is 30.4 Å². The lowest BCUT2D eigenvalue weighted by Crippen LogP contribution is -2.49. The SMILES string of the molecule is CCCCCNC(=O)[C@H](Cc1ccc(OC(C(=O)O)C(=O)O)cc1)NS(=O)(=O)CC(c1ccccc1)c1ccccc1. The maximum absolute atomic E-state index is 13.5. The molecule has 3 aromatic carbocycles. The highest BCUT2D eigenvalue weighted by atomic mass is 32.2. The van der Waals surface area contributed by atoms with Gasteiger partial charge in [0.2, 0.25) is 15.9 Å². The molecule has 0 aliphatic carbocycles. The molecule has 224 valence electrons. The van der Waals surface area contributed by atoms with E-state index in [9.17, 15) is 22.8 Å². The third kappa shape index (κ3) is 10.0. The van der Waals surface area contributed by atoms with Crippen LogP contribution in [0.1, 0.15) is 48.8 Å². The molecule has 0 heterocycles. The number of carbonyl (C=O) groups excluding carboxylic acids is 1. The molecule has 0 fully saturated rings. The van der Waals surface area contributed by atoms with E-state index in [0.29, 0.717) is 12.1 Å². The summed E-state index contributed by atoms with van der Waals surface area (Å²) in [6.07, 6.45) is 0.562. The Morgan fingerprint density at radius 2 is 1.36 bits per heavy atom. The summed E-state index contributed by atoms with van der Waals surface area (Å²) in [5.41, 5.74) is 2.21. The van der Waals surface area contributed by atoms with E-state index in [1.54, 1.807) is 0 Å². The highest BCUT2D eigenvalue weighted by molar-refractivity contribution is 7.89. The Labute approximate surface area is 245 Å². The van der Waals surface area contributed by atoms with Crippen LogP contribution in [0.5, 0.6) is 5.75 Å². The van der Waals surface area contributed by atoms with Crippen LogP contribution in [0, 0.1) is 0 Å². The van der Waals surface area contributed by atoms with E-state index in [-0.39, 0.29) is 17.9 Å². The topological polar surface area (TPSA) is 159 Å². The molecule has 0 aliphatic heterocycles. The van der Waals surface area contributed by atoms with Gasteiger partial charge in [-0.2, -0.15) is 0 Å². The number of hydrogen-bond donors (Lipinski definition) is 4. The number of sulfonamides is 1. The molecule has 0 unspecified atom stereocenters. The molecule has 42 heavy (non-hydrogen) atoms. The minimum absolute atomic E-state index is 0.00174. The van der Waals surface area contributed by atoms with Crippen molar-refractivity contribution in [3.8, 4) is 5.75 Å². The lowest BCUT2D eigenvalue weighted by molar-refractivity contribution is -0.159. The van der Waals surface area contributed by atoms with Crippen molar-refractivity contribution in [3.05, 3.63) is 102 Å². The van der Waals surface area contributed by atoms with Crippen molar-refractivity contribution < 1.29 is 37.8 Å². The van der Waals surface area contributed by atoms with E-state index in [2.05, 4.69) is 10.0 Å². The van der Waals surface area contributed by atoms with Crippen LogP contribution in [0.25, 0.3) is 0 Å². The summed E-state index contributed by atoms with van der Waals surface area (Å²) >= 11 is 0. The zero-order chi connectivity index (χ0) is 30.5. The predicted octanol–water partition coefficient (Wildman–Crippen LogP) is 3.57. The van der Waals surface area contributed by atoms with Crippen molar-refractivity contribution >= 4 is 27.9 Å². The Bertz CT molecular complexity index is 1360. The van der Waals surface area contributed by atoms with Gasteiger partial charge in [-0.3, -0.25) is 4.79 Å². The fourth-order valence-electron chi connectivity index (χ4n) is 4.42. The van der Waals surface area contributed by atoms with E-state index in [1.807, 2.05) is 67.6 Å². The molecule has 0 spiro atoms. The smallest absolute Gasteiger partial charge is 0.356 e. The van der Waals surface area contributed by atoms with Crippen LogP contribution in [0.2, 0.25) is 0 Å². The number of aliphatic carboxylic acids is 2. The average Bonchev–Trinajstić information content (AvgIpc) is 2.97. The number of rotatable bonds is 17. The standard InChI is InChI=1S/C31H36N2O8S/c1-2-3-10-19-32-29(34)27(20-22-15-17-25(18-16-22)41-28(30(35)36)31(37)38)33-42(39,40)21-26(23-11-6-4-7-12-23)24-13-8-5-9-14-24/h4-9,11-18,26-28,33H,2-3,10,19-21H2,1H3,(H,32,34)(H,35,36)(H,37,38)/t27-/m0/s1. The largest absolute Gasteiger partial charge is 0.478 e. The second-order valence-corrected chi connectivity index (χ2v) is 11.6. The Morgan fingerprint density at radius 1 is 0.810 bits per heavy atom. The lowest BCUT2D eigenvalue weighted by Gasteiger charge is -2.22. The number of amides is 1. The molecule has 0 radical (unpaired) electrons. The summed E-state index contributed by atoms with van der Waals surface area (Å²) in [7, 11) is -3.99. The number of benzene rings is 3. The molecule has 0 aromatic heterocycles. The van der Waals surface area contributed by atoms with Gasteiger partial charge in [0.15, 0.2) is 0 Å². The summed E-state index contributed by atoms with van der Waals surface area (Å²) in [4.78, 5) is 35.5. The molecule has 0 bridgehead atoms. The van der Waals surface area contributed by atoms with Crippen molar-refractivity contribution in [1.29, 1.82) is 0 Å². The van der Waals surface area contributed by atoms with E-state index >= 15 is 0 Å². The monoisotopic (exact) mass is 596 g/mol. The summed E-state index contributed by atoms with van der Waals surface area (Å²) in [5.74, 6) is -4.51. The number of hydrogen-bond acceptors (Lipinski definition) is 6. The Kier molecular flexibility index (Phi) is 12.1. The van der Waals surface area contributed by atoms with Crippen molar-refractivity contribution in [2.45, 2.75) is 50.7 Å². The van der Waals surface area contributed by atoms with Crippen LogP contribution in [-0.2, 0) is 30.8 Å². The van der Waals surface area contributed by atoms with Crippen molar-refractivity contribution in [1.82, 2.24) is 10.0 Å². The molecular weight excluding hydrogens is 560 g/mol. The van der Waals surface area contributed by atoms with Gasteiger partial charge in [-0.25, -0.2) is 22.7 Å². The number of ether oxygens (including phenoxy) is 1. The zero-order valence-corrected chi connectivity index (χ0v) is 24.1. The van der Waals surface area contributed by atoms with Gasteiger partial charge >= 0.3 is 11.9 Å². The second kappa shape index (κ2) is 15.7. The first kappa shape index (κ1) is 32.3. The summed E-state index contributed by atoms with van der Waals surface area (Å²) in [6.45, 7) is 2.44. The van der Waals surface area contributed by atoms with Crippen molar-refractivity contribution in [2.24, 2.45) is 0 Å². The molecule has 10 nitrogen and oxygen atoms in total. The van der Waals surface area contributed by atoms with Gasteiger partial charge in [-0.15, -0.1) is 0 Å². The van der Waals surface area contributed by atoms with Crippen LogP contribution in [-0.4, -0.2) is 60.9 Å². The lowest BCUT2D eigenvalue weighted by atomic mass is 9.93. The molecular formula is C31H36N2O8S. The quantitative estimate of drug-likeness (QED) is 0.136. The van der Waals surface area contributed by atoms with Crippen LogP contribution < -0.4 is 14.8 Å². The van der Waals surface area contributed by atoms with E-state index in [1.165, 1.54) is 24.3 Å². The molecule has 3 rings (SSSR count). The molecule has 0 aliphatic rings. The molecule has 11 heteroatoms. The fourth-order valence-corrected chi connectivity index (χ4v) is 5.96. The van der Waals surface area contributed by atoms with Gasteiger partial charge in [0, 0.05) is 12.5 Å². The summed E-state index contributed by atoms with van der Waals surface area (Å²) < 4.78 is 34.7. The molecule has 0 saturated carbocycles. The minimum atomic E-state index is -3.99. The van der Waals surface area contributed by atoms with Crippen LogP contribution >= 0.6 is 0 Å². The first-order chi connectivity index (χ1) is 20.1. The van der Waals surface area contributed by atoms with Crippen molar-refractivity contribution in [3.63, 3.8) is 0 Å². The molecule has 0 saturated heterocycles. The van der Waals surface area contributed by atoms with Crippen LogP contribution in [0.15, 0.2) is 84.9 Å². The highest BCUT2D eigenvalue weighted by Crippen LogP contribution is 2.26. The minimum Gasteiger partial charge on any atom is -0.478 e. The Balaban J connectivity index is 1.81. The average molecular weight is 597 g/mol. The third-order valence-corrected chi connectivity index (χ3v) is 7.99. The van der Waals surface area contributed by atoms with Gasteiger partial charge in [-0.1, -0.05) is 92.6 Å². The maximum Gasteiger partial charge on any atom is 0.356 e. The van der Waals surface area contributed by atoms with Gasteiger partial charge < -0.3 is 20.3 Å². The molecule has 4 N–H and O–H groups in total. The Hall–Kier alpha value is -4.22. The van der Waals surface area contributed by atoms with Gasteiger partial charge in [0.25, 0.3) is 6.10 Å². The van der Waals surface area contributed by atoms with Crippen LogP contribution in [0.4, 0.5) is 0 Å². The number of carboxylic acid groups (broad SMARTS) is 2. The second-order valence-electron chi connectivity index (χ2n) is 9.85. The van der Waals surface area contributed by atoms with Gasteiger partial charge in [0.1, 0.15) is 11.8 Å². The van der Waals surface area contributed by atoms with Crippen molar-refractivity contribution in [2.75, 3.05) is 12.3 Å². The summed E-state index contributed by atoms with van der Waals surface area (Å²) in [5, 5.41) is 20.9. The number of carbonyl (C=O) groups is 3. The van der Waals surface area contributed by atoms with Gasteiger partial charge in [-0.05, 0) is 41.7 Å². The van der Waals surface area contributed by atoms with E-state index in [4.69, 9.17) is 14.9 Å². The number of carboxylic acids is 2. The molecule has 1 amide bonds. The van der Waals surface area contributed by atoms with Gasteiger partial charge in [0.05, 0.1) is 5.75 Å². The zero-order valence-electron chi connectivity index (χ0n) is 23.3. The fraction of sp³-hybridized carbons (Fsp3) is 0.323. The first-order valence-electron chi connectivity index (χ1n) is 13.7. The highest BCUT2D eigenvalue weighted by Gasteiger charge is 2.30. The predicted molar refractivity (Wildman–Crippen MR) is 158 cm³/mol. The summed E-state index contributed by atoms with van der Waals surface area (Å²) in [6, 6.07) is 23.3. The van der Waals surface area contributed by atoms with Crippen LogP contribution in [0.3, 0.4) is 0 Å². The first-order valence-corrected chi connectivity index (χ1v) is 15.3.